The monoisotopic (exact) mass is 382 g/mol. The second-order valence-corrected chi connectivity index (χ2v) is 7.98. The van der Waals surface area contributed by atoms with E-state index < -0.39 is 0 Å². The Labute approximate surface area is 166 Å². The summed E-state index contributed by atoms with van der Waals surface area (Å²) in [5.41, 5.74) is 3.36. The van der Waals surface area contributed by atoms with Gasteiger partial charge in [-0.15, -0.1) is 0 Å². The molecule has 0 unspecified atom stereocenters. The molecule has 2 aromatic rings. The van der Waals surface area contributed by atoms with Gasteiger partial charge in [0.15, 0.2) is 6.54 Å². The first-order valence-corrected chi connectivity index (χ1v) is 10.3. The van der Waals surface area contributed by atoms with Crippen LogP contribution in [0.15, 0.2) is 48.5 Å². The third-order valence-corrected chi connectivity index (χ3v) is 6.26. The summed E-state index contributed by atoms with van der Waals surface area (Å²) < 4.78 is 14.0. The van der Waals surface area contributed by atoms with Gasteiger partial charge in [-0.3, -0.25) is 4.79 Å². The van der Waals surface area contributed by atoms with Crippen molar-refractivity contribution in [1.29, 1.82) is 0 Å². The lowest BCUT2D eigenvalue weighted by molar-refractivity contribution is -0.892. The van der Waals surface area contributed by atoms with Crippen LogP contribution in [0.3, 0.4) is 0 Å². The van der Waals surface area contributed by atoms with Crippen LogP contribution in [0, 0.1) is 5.82 Å². The Balaban J connectivity index is 1.34. The summed E-state index contributed by atoms with van der Waals surface area (Å²) in [5.74, 6) is 0.0359. The molecule has 4 nitrogen and oxygen atoms in total. The summed E-state index contributed by atoms with van der Waals surface area (Å²) in [5, 5.41) is 0. The number of para-hydroxylation sites is 1. The van der Waals surface area contributed by atoms with Gasteiger partial charge in [0.25, 0.3) is 5.91 Å². The van der Waals surface area contributed by atoms with Crippen molar-refractivity contribution >= 4 is 11.6 Å². The number of amides is 1. The minimum atomic E-state index is -0.169. The van der Waals surface area contributed by atoms with E-state index in [9.17, 15) is 9.18 Å². The molecule has 1 heterocycles. The number of likely N-dealkylation sites (N-methyl/N-ethyl adjacent to an activating group) is 1. The lowest BCUT2D eigenvalue weighted by atomic mass is 9.87. The van der Waals surface area contributed by atoms with Crippen LogP contribution in [0.25, 0.3) is 0 Å². The fourth-order valence-electron chi connectivity index (χ4n) is 4.59. The highest BCUT2D eigenvalue weighted by atomic mass is 19.1. The Morgan fingerprint density at radius 1 is 1.14 bits per heavy atom. The second kappa shape index (κ2) is 8.31. The molecule has 1 fully saturated rings. The number of rotatable bonds is 4. The summed E-state index contributed by atoms with van der Waals surface area (Å²) >= 11 is 0. The number of nitrogens with one attached hydrogen (secondary N) is 1. The molecule has 1 aliphatic carbocycles. The van der Waals surface area contributed by atoms with E-state index in [2.05, 4.69) is 29.2 Å². The fourth-order valence-corrected chi connectivity index (χ4v) is 4.59. The Kier molecular flexibility index (Phi) is 5.62. The summed E-state index contributed by atoms with van der Waals surface area (Å²) in [6.07, 6.45) is 3.28. The molecule has 0 saturated carbocycles. The number of anilines is 1. The Hall–Kier alpha value is -2.40. The molecule has 0 aromatic heterocycles. The maximum Gasteiger partial charge on any atom is 0.278 e. The summed E-state index contributed by atoms with van der Waals surface area (Å²) in [7, 11) is 1.95. The molecule has 1 atom stereocenters. The highest BCUT2D eigenvalue weighted by Crippen LogP contribution is 2.33. The van der Waals surface area contributed by atoms with Crippen LogP contribution in [-0.4, -0.2) is 50.6 Å². The van der Waals surface area contributed by atoms with Gasteiger partial charge in [-0.25, -0.2) is 4.39 Å². The Bertz CT molecular complexity index is 832. The van der Waals surface area contributed by atoms with Crippen molar-refractivity contribution in [3.8, 4) is 0 Å². The van der Waals surface area contributed by atoms with E-state index in [1.54, 1.807) is 6.07 Å². The van der Waals surface area contributed by atoms with Gasteiger partial charge < -0.3 is 14.7 Å². The zero-order valence-corrected chi connectivity index (χ0v) is 16.5. The highest BCUT2D eigenvalue weighted by molar-refractivity contribution is 5.77. The number of benzene rings is 2. The molecular formula is C23H29FN3O+. The van der Waals surface area contributed by atoms with Gasteiger partial charge in [-0.1, -0.05) is 36.4 Å². The van der Waals surface area contributed by atoms with Crippen molar-refractivity contribution in [2.24, 2.45) is 0 Å². The van der Waals surface area contributed by atoms with E-state index >= 15 is 0 Å². The summed E-state index contributed by atoms with van der Waals surface area (Å²) in [6, 6.07) is 15.6. The van der Waals surface area contributed by atoms with E-state index in [0.29, 0.717) is 12.2 Å². The molecule has 148 valence electrons. The summed E-state index contributed by atoms with van der Waals surface area (Å²) in [6.45, 7) is 3.78. The minimum absolute atomic E-state index is 0.169. The zero-order chi connectivity index (χ0) is 19.5. The number of aryl methyl sites for hydroxylation is 1. The fraction of sp³-hybridized carbons (Fsp3) is 0.435. The Morgan fingerprint density at radius 3 is 2.64 bits per heavy atom. The number of piperazine rings is 1. The molecule has 1 aliphatic heterocycles. The third-order valence-electron chi connectivity index (χ3n) is 6.26. The summed E-state index contributed by atoms with van der Waals surface area (Å²) in [4.78, 5) is 18.3. The van der Waals surface area contributed by atoms with Gasteiger partial charge in [0.05, 0.1) is 37.9 Å². The van der Waals surface area contributed by atoms with Crippen LogP contribution in [0.5, 0.6) is 0 Å². The topological polar surface area (TPSA) is 28.0 Å². The number of nitrogens with zero attached hydrogens (tertiary/aromatic N) is 2. The van der Waals surface area contributed by atoms with Crippen molar-refractivity contribution in [2.75, 3.05) is 44.7 Å². The van der Waals surface area contributed by atoms with Crippen LogP contribution >= 0.6 is 0 Å². The number of hydrogen-bond acceptors (Lipinski definition) is 2. The van der Waals surface area contributed by atoms with Crippen molar-refractivity contribution in [3.63, 3.8) is 0 Å². The highest BCUT2D eigenvalue weighted by Gasteiger charge is 2.30. The van der Waals surface area contributed by atoms with E-state index in [1.807, 2.05) is 24.1 Å². The van der Waals surface area contributed by atoms with Gasteiger partial charge in [-0.05, 0) is 42.5 Å². The Morgan fingerprint density at radius 2 is 1.86 bits per heavy atom. The van der Waals surface area contributed by atoms with Crippen LogP contribution in [0.4, 0.5) is 10.1 Å². The van der Waals surface area contributed by atoms with Gasteiger partial charge in [0.1, 0.15) is 5.82 Å². The van der Waals surface area contributed by atoms with E-state index in [1.165, 1.54) is 22.1 Å². The molecule has 2 aliphatic rings. The molecule has 1 saturated heterocycles. The lowest BCUT2D eigenvalue weighted by Crippen LogP contribution is -3.15. The molecule has 1 amide bonds. The lowest BCUT2D eigenvalue weighted by Gasteiger charge is -2.36. The smallest absolute Gasteiger partial charge is 0.278 e. The predicted molar refractivity (Wildman–Crippen MR) is 109 cm³/mol. The van der Waals surface area contributed by atoms with E-state index in [-0.39, 0.29) is 17.8 Å². The normalized spacial score (nSPS) is 19.9. The van der Waals surface area contributed by atoms with E-state index in [4.69, 9.17) is 0 Å². The quantitative estimate of drug-likeness (QED) is 0.877. The SMILES string of the molecule is CN(C(=O)C[NH+]1CCN(c2ccccc2F)CC1)[C@@H]1CCCc2ccccc21. The molecule has 2 aromatic carbocycles. The van der Waals surface area contributed by atoms with E-state index in [0.717, 1.165) is 45.4 Å². The average Bonchev–Trinajstić information content (AvgIpc) is 2.74. The number of carbonyl (C=O) groups is 1. The van der Waals surface area contributed by atoms with Crippen LogP contribution < -0.4 is 9.80 Å². The molecule has 0 bridgehead atoms. The molecular weight excluding hydrogens is 353 g/mol. The van der Waals surface area contributed by atoms with Crippen LogP contribution in [0.1, 0.15) is 30.0 Å². The van der Waals surface area contributed by atoms with Crippen LogP contribution in [-0.2, 0) is 11.2 Å². The molecule has 1 N–H and O–H groups in total. The molecule has 4 rings (SSSR count). The molecule has 5 heteroatoms. The van der Waals surface area contributed by atoms with Crippen molar-refractivity contribution in [1.82, 2.24) is 4.90 Å². The van der Waals surface area contributed by atoms with Crippen molar-refractivity contribution in [3.05, 3.63) is 65.5 Å². The first-order chi connectivity index (χ1) is 13.6. The second-order valence-electron chi connectivity index (χ2n) is 7.98. The first-order valence-electron chi connectivity index (χ1n) is 10.3. The maximum absolute atomic E-state index is 14.0. The number of quaternary nitrogens is 1. The number of halogens is 1. The molecule has 28 heavy (non-hydrogen) atoms. The zero-order valence-electron chi connectivity index (χ0n) is 16.5. The van der Waals surface area contributed by atoms with Gasteiger partial charge >= 0.3 is 0 Å². The third kappa shape index (κ3) is 3.90. The minimum Gasteiger partial charge on any atom is -0.358 e. The number of carbonyl (C=O) groups excluding carboxylic acids is 1. The maximum atomic E-state index is 14.0. The standard InChI is InChI=1S/C23H28FN3O/c1-25(21-12-6-8-18-7-2-3-9-19(18)21)23(28)17-26-13-15-27(16-14-26)22-11-5-4-10-20(22)24/h2-5,7,9-11,21H,6,8,12-17H2,1H3/p+1/t21-/m1/s1. The van der Waals surface area contributed by atoms with Gasteiger partial charge in [0.2, 0.25) is 0 Å². The first kappa shape index (κ1) is 18.9. The number of fused-ring (bicyclic) bond motifs is 1. The predicted octanol–water partition coefficient (Wildman–Crippen LogP) is 2.07. The van der Waals surface area contributed by atoms with Crippen molar-refractivity contribution < 1.29 is 14.1 Å². The van der Waals surface area contributed by atoms with Gasteiger partial charge in [0, 0.05) is 7.05 Å². The van der Waals surface area contributed by atoms with Crippen molar-refractivity contribution in [2.45, 2.75) is 25.3 Å². The largest absolute Gasteiger partial charge is 0.358 e. The molecule has 0 spiro atoms. The van der Waals surface area contributed by atoms with Crippen LogP contribution in [0.2, 0.25) is 0 Å². The average molecular weight is 383 g/mol. The van der Waals surface area contributed by atoms with Gasteiger partial charge in [-0.2, -0.15) is 0 Å². The number of hydrogen-bond donors (Lipinski definition) is 1. The molecule has 0 radical (unpaired) electrons.